The summed E-state index contributed by atoms with van der Waals surface area (Å²) in [6, 6.07) is 60.9. The molecule has 0 saturated carbocycles. The van der Waals surface area contributed by atoms with Crippen LogP contribution >= 0.6 is 15.9 Å². The molecule has 63 heavy (non-hydrogen) atoms. The standard InChI is InChI=1S/C29H19BrO.C28H28BNO2/c1-16-8-3-5-10-18(16)27-25-21-13-7-12-20-23(30)15-14-22(24(20)21)26(25)28(29(27)31)19-11-6-4-9-17(19)2;1-27(2)28(3,4)32-29(31-27)25-19-20-26(24-18-12-11-17-23(24)25)30(21-13-7-5-8-14-21)22-15-9-6-10-16-22/h3-15H,1-2H3;5-20H,1-4H3. The molecular weight excluding hydrogens is 837 g/mol. The second-order valence-electron chi connectivity index (χ2n) is 17.6. The minimum absolute atomic E-state index is 0.124. The highest BCUT2D eigenvalue weighted by molar-refractivity contribution is 9.10. The molecule has 3 aliphatic rings. The number of para-hydroxylation sites is 2. The molecule has 0 bridgehead atoms. The molecule has 0 unspecified atom stereocenters. The summed E-state index contributed by atoms with van der Waals surface area (Å²) < 4.78 is 13.9. The molecule has 2 aliphatic carbocycles. The van der Waals surface area contributed by atoms with E-state index in [1.54, 1.807) is 0 Å². The van der Waals surface area contributed by atoms with Crippen LogP contribution in [-0.4, -0.2) is 24.1 Å². The quantitative estimate of drug-likeness (QED) is 0.156. The van der Waals surface area contributed by atoms with E-state index in [0.717, 1.165) is 93.4 Å². The molecule has 0 radical (unpaired) electrons. The highest BCUT2D eigenvalue weighted by Crippen LogP contribution is 2.57. The van der Waals surface area contributed by atoms with Crippen LogP contribution in [0.1, 0.15) is 61.1 Å². The number of nitrogens with zero attached hydrogens (tertiary/aromatic N) is 1. The number of fused-ring (bicyclic) bond motifs is 4. The van der Waals surface area contributed by atoms with E-state index in [1.165, 1.54) is 10.8 Å². The normalized spacial score (nSPS) is 15.9. The molecule has 1 aliphatic heterocycles. The van der Waals surface area contributed by atoms with E-state index in [4.69, 9.17) is 9.31 Å². The van der Waals surface area contributed by atoms with Crippen LogP contribution in [0, 0.1) is 13.8 Å². The van der Waals surface area contributed by atoms with Gasteiger partial charge in [0.25, 0.3) is 0 Å². The number of hydrogen-bond acceptors (Lipinski definition) is 4. The number of Topliss-reactive ketones (excluding diaryl/α,β-unsaturated/α-hetero) is 1. The fourth-order valence-electron chi connectivity index (χ4n) is 9.41. The van der Waals surface area contributed by atoms with E-state index in [0.29, 0.717) is 0 Å². The second kappa shape index (κ2) is 15.8. The molecule has 308 valence electrons. The van der Waals surface area contributed by atoms with Crippen molar-refractivity contribution in [1.82, 2.24) is 0 Å². The van der Waals surface area contributed by atoms with Crippen LogP contribution in [0.3, 0.4) is 0 Å². The molecule has 0 atom stereocenters. The van der Waals surface area contributed by atoms with Crippen molar-refractivity contribution in [3.63, 3.8) is 0 Å². The maximum Gasteiger partial charge on any atom is 0.495 e. The number of anilines is 3. The van der Waals surface area contributed by atoms with Gasteiger partial charge in [-0.05, 0) is 133 Å². The van der Waals surface area contributed by atoms with Crippen molar-refractivity contribution in [2.75, 3.05) is 4.90 Å². The lowest BCUT2D eigenvalue weighted by molar-refractivity contribution is -0.108. The summed E-state index contributed by atoms with van der Waals surface area (Å²) in [4.78, 5) is 16.4. The van der Waals surface area contributed by atoms with E-state index in [-0.39, 0.29) is 17.0 Å². The molecule has 1 fully saturated rings. The SMILES string of the molecule is CC1(C)OB(c2ccc(N(c3ccccc3)c3ccccc3)c3ccccc23)OC1(C)C.Cc1ccccc1C1=C2C(=C(c3ccccc3C)C1=O)c1ccc(Br)c3cccc2c13. The molecule has 8 aromatic rings. The fraction of sp³-hybridized carbons (Fsp3) is 0.140. The minimum atomic E-state index is -0.402. The predicted octanol–water partition coefficient (Wildman–Crippen LogP) is 14.2. The predicted molar refractivity (Wildman–Crippen MR) is 267 cm³/mol. The average molecular weight is 885 g/mol. The van der Waals surface area contributed by atoms with Gasteiger partial charge in [0.15, 0.2) is 5.78 Å². The van der Waals surface area contributed by atoms with Gasteiger partial charge in [-0.15, -0.1) is 0 Å². The number of rotatable bonds is 6. The summed E-state index contributed by atoms with van der Waals surface area (Å²) in [5, 5.41) is 4.71. The van der Waals surface area contributed by atoms with Gasteiger partial charge in [-0.3, -0.25) is 4.79 Å². The van der Waals surface area contributed by atoms with Crippen molar-refractivity contribution in [3.05, 3.63) is 214 Å². The molecule has 8 aromatic carbocycles. The van der Waals surface area contributed by atoms with Gasteiger partial charge in [0.1, 0.15) is 0 Å². The van der Waals surface area contributed by atoms with Gasteiger partial charge in [0, 0.05) is 43.5 Å². The maximum absolute atomic E-state index is 14.1. The molecule has 0 amide bonds. The third-order valence-electron chi connectivity index (χ3n) is 13.3. The Labute approximate surface area is 378 Å². The largest absolute Gasteiger partial charge is 0.495 e. The summed E-state index contributed by atoms with van der Waals surface area (Å²) in [6.07, 6.45) is 0. The minimum Gasteiger partial charge on any atom is -0.399 e. The highest BCUT2D eigenvalue weighted by atomic mass is 79.9. The Bertz CT molecular complexity index is 3050. The zero-order chi connectivity index (χ0) is 43.6. The van der Waals surface area contributed by atoms with Crippen LogP contribution in [0.15, 0.2) is 180 Å². The number of halogens is 1. The first kappa shape index (κ1) is 40.7. The van der Waals surface area contributed by atoms with Crippen LogP contribution in [-0.2, 0) is 14.1 Å². The van der Waals surface area contributed by atoms with E-state index < -0.39 is 7.12 Å². The van der Waals surface area contributed by atoms with Crippen LogP contribution in [0.2, 0.25) is 0 Å². The zero-order valence-electron chi connectivity index (χ0n) is 36.4. The smallest absolute Gasteiger partial charge is 0.399 e. The Morgan fingerprint density at radius 2 is 0.921 bits per heavy atom. The first-order valence-electron chi connectivity index (χ1n) is 21.6. The molecule has 1 heterocycles. The summed E-state index contributed by atoms with van der Waals surface area (Å²) in [7, 11) is -0.402. The van der Waals surface area contributed by atoms with Gasteiger partial charge in [-0.2, -0.15) is 0 Å². The number of carbonyl (C=O) groups is 1. The van der Waals surface area contributed by atoms with Crippen molar-refractivity contribution in [3.8, 4) is 0 Å². The van der Waals surface area contributed by atoms with Crippen LogP contribution in [0.4, 0.5) is 17.1 Å². The Morgan fingerprint density at radius 1 is 0.460 bits per heavy atom. The number of aryl methyl sites for hydroxylation is 2. The lowest BCUT2D eigenvalue weighted by Crippen LogP contribution is -2.41. The third-order valence-corrected chi connectivity index (χ3v) is 14.0. The van der Waals surface area contributed by atoms with Gasteiger partial charge in [0.05, 0.1) is 16.9 Å². The van der Waals surface area contributed by atoms with Gasteiger partial charge in [0.2, 0.25) is 0 Å². The molecule has 1 saturated heterocycles. The highest BCUT2D eigenvalue weighted by Gasteiger charge is 2.52. The van der Waals surface area contributed by atoms with Crippen LogP contribution in [0.25, 0.3) is 43.8 Å². The first-order chi connectivity index (χ1) is 30.4. The molecule has 0 N–H and O–H groups in total. The molecular formula is C57H47BBrNO3. The summed E-state index contributed by atoms with van der Waals surface area (Å²) >= 11 is 3.73. The van der Waals surface area contributed by atoms with Crippen molar-refractivity contribution >= 4 is 95.2 Å². The number of benzene rings is 8. The topological polar surface area (TPSA) is 38.8 Å². The van der Waals surface area contributed by atoms with Crippen LogP contribution < -0.4 is 10.4 Å². The molecule has 6 heteroatoms. The number of carbonyl (C=O) groups excluding carboxylic acids is 1. The average Bonchev–Trinajstić information content (AvgIpc) is 3.85. The van der Waals surface area contributed by atoms with Crippen molar-refractivity contribution in [2.45, 2.75) is 52.7 Å². The zero-order valence-corrected chi connectivity index (χ0v) is 38.0. The number of allylic oxidation sites excluding steroid dienone is 4. The van der Waals surface area contributed by atoms with Crippen molar-refractivity contribution < 1.29 is 14.1 Å². The van der Waals surface area contributed by atoms with Gasteiger partial charge >= 0.3 is 7.12 Å². The Hall–Kier alpha value is -6.31. The van der Waals surface area contributed by atoms with E-state index >= 15 is 0 Å². The maximum atomic E-state index is 14.1. The van der Waals surface area contributed by atoms with Crippen LogP contribution in [0.5, 0.6) is 0 Å². The lowest BCUT2D eigenvalue weighted by Gasteiger charge is -2.32. The molecule has 4 nitrogen and oxygen atoms in total. The second-order valence-corrected chi connectivity index (χ2v) is 18.5. The Balaban J connectivity index is 0.000000150. The first-order valence-corrected chi connectivity index (χ1v) is 22.4. The van der Waals surface area contributed by atoms with Crippen molar-refractivity contribution in [1.29, 1.82) is 0 Å². The number of ketones is 1. The van der Waals surface area contributed by atoms with E-state index in [1.807, 2.05) is 36.4 Å². The monoisotopic (exact) mass is 883 g/mol. The fourth-order valence-corrected chi connectivity index (χ4v) is 9.87. The molecule has 0 spiro atoms. The summed E-state index contributed by atoms with van der Waals surface area (Å²) in [6.45, 7) is 12.5. The van der Waals surface area contributed by atoms with Gasteiger partial charge in [-0.1, -0.05) is 155 Å². The molecule has 11 rings (SSSR count). The van der Waals surface area contributed by atoms with Gasteiger partial charge < -0.3 is 14.2 Å². The Kier molecular flexibility index (Phi) is 10.2. The number of hydrogen-bond donors (Lipinski definition) is 0. The molecule has 0 aromatic heterocycles. The Morgan fingerprint density at radius 3 is 1.48 bits per heavy atom. The third kappa shape index (κ3) is 6.80. The van der Waals surface area contributed by atoms with Gasteiger partial charge in [-0.25, -0.2) is 0 Å². The summed E-state index contributed by atoms with van der Waals surface area (Å²) in [5.41, 5.74) is 14.1. The summed E-state index contributed by atoms with van der Waals surface area (Å²) in [5.74, 6) is 0.124. The van der Waals surface area contributed by atoms with E-state index in [9.17, 15) is 4.79 Å². The lowest BCUT2D eigenvalue weighted by atomic mass is 9.75. The van der Waals surface area contributed by atoms with E-state index in [2.05, 4.69) is 202 Å². The van der Waals surface area contributed by atoms with Crippen molar-refractivity contribution in [2.24, 2.45) is 0 Å².